The molecule has 0 spiro atoms. The predicted molar refractivity (Wildman–Crippen MR) is 37.9 cm³/mol. The third-order valence-electron chi connectivity index (χ3n) is 1.77. The molecule has 0 amide bonds. The Kier molecular flexibility index (Phi) is 1.05. The molecule has 0 fully saturated rings. The SMILES string of the molecule is Sc1[nH]nc2c1CCC2. The van der Waals surface area contributed by atoms with Gasteiger partial charge in [0.1, 0.15) is 0 Å². The number of hydrogen-bond donors (Lipinski definition) is 2. The summed E-state index contributed by atoms with van der Waals surface area (Å²) in [5.41, 5.74) is 2.55. The Hall–Kier alpha value is -0.440. The highest BCUT2D eigenvalue weighted by Gasteiger charge is 2.15. The van der Waals surface area contributed by atoms with Crippen LogP contribution in [0.2, 0.25) is 0 Å². The largest absolute Gasteiger partial charge is 0.272 e. The van der Waals surface area contributed by atoms with E-state index in [4.69, 9.17) is 0 Å². The van der Waals surface area contributed by atoms with Crippen LogP contribution in [0.25, 0.3) is 0 Å². The number of nitrogens with one attached hydrogen (secondary N) is 1. The molecule has 1 N–H and O–H groups in total. The minimum Gasteiger partial charge on any atom is -0.272 e. The Morgan fingerprint density at radius 3 is 3.11 bits per heavy atom. The van der Waals surface area contributed by atoms with Crippen molar-refractivity contribution in [3.05, 3.63) is 11.3 Å². The molecule has 9 heavy (non-hydrogen) atoms. The van der Waals surface area contributed by atoms with Gasteiger partial charge in [0.25, 0.3) is 0 Å². The van der Waals surface area contributed by atoms with E-state index in [1.807, 2.05) is 0 Å². The van der Waals surface area contributed by atoms with Gasteiger partial charge in [-0.1, -0.05) is 0 Å². The number of hydrogen-bond acceptors (Lipinski definition) is 2. The highest BCUT2D eigenvalue weighted by atomic mass is 32.1. The van der Waals surface area contributed by atoms with Gasteiger partial charge < -0.3 is 0 Å². The minimum absolute atomic E-state index is 0.961. The number of aromatic nitrogens is 2. The van der Waals surface area contributed by atoms with Crippen LogP contribution in [0.15, 0.2) is 5.03 Å². The minimum atomic E-state index is 0.961. The third-order valence-corrected chi connectivity index (χ3v) is 2.14. The fraction of sp³-hybridized carbons (Fsp3) is 0.500. The molecular weight excluding hydrogens is 132 g/mol. The van der Waals surface area contributed by atoms with Crippen LogP contribution in [0, 0.1) is 0 Å². The molecule has 1 aromatic rings. The maximum Gasteiger partial charge on any atom is 0.0912 e. The van der Waals surface area contributed by atoms with Gasteiger partial charge in [-0.25, -0.2) is 0 Å². The lowest BCUT2D eigenvalue weighted by Crippen LogP contribution is -1.76. The second-order valence-electron chi connectivity index (χ2n) is 2.35. The first kappa shape index (κ1) is 5.35. The summed E-state index contributed by atoms with van der Waals surface area (Å²) in [6.45, 7) is 0. The monoisotopic (exact) mass is 140 g/mol. The van der Waals surface area contributed by atoms with Crippen LogP contribution in [0.5, 0.6) is 0 Å². The van der Waals surface area contributed by atoms with Crippen LogP contribution in [-0.2, 0) is 12.8 Å². The van der Waals surface area contributed by atoms with Gasteiger partial charge in [-0.2, -0.15) is 5.10 Å². The summed E-state index contributed by atoms with van der Waals surface area (Å²) >= 11 is 4.22. The number of aryl methyl sites for hydroxylation is 1. The van der Waals surface area contributed by atoms with Crippen molar-refractivity contribution in [2.24, 2.45) is 0 Å². The van der Waals surface area contributed by atoms with E-state index in [0.29, 0.717) is 0 Å². The van der Waals surface area contributed by atoms with Crippen LogP contribution in [0.3, 0.4) is 0 Å². The van der Waals surface area contributed by atoms with Gasteiger partial charge in [0.05, 0.1) is 10.7 Å². The van der Waals surface area contributed by atoms with E-state index < -0.39 is 0 Å². The lowest BCUT2D eigenvalue weighted by molar-refractivity contribution is 0.837. The first-order chi connectivity index (χ1) is 4.38. The topological polar surface area (TPSA) is 28.7 Å². The van der Waals surface area contributed by atoms with E-state index in [0.717, 1.165) is 17.9 Å². The summed E-state index contributed by atoms with van der Waals surface area (Å²) in [6.07, 6.45) is 3.54. The Balaban J connectivity index is 2.56. The van der Waals surface area contributed by atoms with Gasteiger partial charge in [0.2, 0.25) is 0 Å². The molecule has 1 aliphatic rings. The highest BCUT2D eigenvalue weighted by Crippen LogP contribution is 2.24. The number of H-pyrrole nitrogens is 1. The fourth-order valence-corrected chi connectivity index (χ4v) is 1.59. The van der Waals surface area contributed by atoms with E-state index in [1.54, 1.807) is 0 Å². The molecule has 2 rings (SSSR count). The van der Waals surface area contributed by atoms with Gasteiger partial charge in [-0.3, -0.25) is 5.10 Å². The van der Waals surface area contributed by atoms with Crippen LogP contribution >= 0.6 is 12.6 Å². The van der Waals surface area contributed by atoms with Gasteiger partial charge >= 0.3 is 0 Å². The molecule has 0 saturated heterocycles. The zero-order valence-electron chi connectivity index (χ0n) is 5.02. The lowest BCUT2D eigenvalue weighted by Gasteiger charge is -1.85. The molecule has 1 heterocycles. The molecule has 0 unspecified atom stereocenters. The third kappa shape index (κ3) is 0.678. The van der Waals surface area contributed by atoms with Crippen LogP contribution in [0.1, 0.15) is 17.7 Å². The molecule has 0 radical (unpaired) electrons. The molecule has 1 aromatic heterocycles. The normalized spacial score (nSPS) is 16.1. The van der Waals surface area contributed by atoms with Crippen LogP contribution in [-0.4, -0.2) is 10.2 Å². The maximum absolute atomic E-state index is 4.22. The highest BCUT2D eigenvalue weighted by molar-refractivity contribution is 7.80. The lowest BCUT2D eigenvalue weighted by atomic mass is 10.3. The van der Waals surface area contributed by atoms with Gasteiger partial charge in [0, 0.05) is 5.56 Å². The second-order valence-corrected chi connectivity index (χ2v) is 2.80. The Bertz CT molecular complexity index is 229. The zero-order valence-corrected chi connectivity index (χ0v) is 5.91. The van der Waals surface area contributed by atoms with E-state index >= 15 is 0 Å². The molecule has 3 heteroatoms. The number of rotatable bonds is 0. The summed E-state index contributed by atoms with van der Waals surface area (Å²) in [6, 6.07) is 0. The summed E-state index contributed by atoms with van der Waals surface area (Å²) in [5.74, 6) is 0. The van der Waals surface area contributed by atoms with Crippen LogP contribution in [0.4, 0.5) is 0 Å². The molecule has 0 atom stereocenters. The van der Waals surface area contributed by atoms with Gasteiger partial charge in [-0.15, -0.1) is 12.6 Å². The first-order valence-corrected chi connectivity index (χ1v) is 3.58. The van der Waals surface area contributed by atoms with Crippen LogP contribution < -0.4 is 0 Å². The molecular formula is C6H8N2S. The average Bonchev–Trinajstić information content (AvgIpc) is 2.35. The smallest absolute Gasteiger partial charge is 0.0912 e. The fourth-order valence-electron chi connectivity index (χ4n) is 1.29. The summed E-state index contributed by atoms with van der Waals surface area (Å²) in [4.78, 5) is 0. The van der Waals surface area contributed by atoms with Gasteiger partial charge in [0.15, 0.2) is 0 Å². The van der Waals surface area contributed by atoms with Crippen molar-refractivity contribution >= 4 is 12.6 Å². The number of nitrogens with zero attached hydrogens (tertiary/aromatic N) is 1. The number of fused-ring (bicyclic) bond motifs is 1. The second kappa shape index (κ2) is 1.77. The van der Waals surface area contributed by atoms with Crippen molar-refractivity contribution in [1.29, 1.82) is 0 Å². The standard InChI is InChI=1S/C6H8N2S/c9-6-4-2-1-3-5(4)7-8-6/h1-3H2,(H2,7,8,9). The molecule has 48 valence electrons. The summed E-state index contributed by atoms with van der Waals surface area (Å²) in [7, 11) is 0. The first-order valence-electron chi connectivity index (χ1n) is 3.13. The van der Waals surface area contributed by atoms with E-state index in [1.165, 1.54) is 17.7 Å². The van der Waals surface area contributed by atoms with Gasteiger partial charge in [-0.05, 0) is 19.3 Å². The quantitative estimate of drug-likeness (QED) is 0.521. The van der Waals surface area contributed by atoms with E-state index in [2.05, 4.69) is 22.8 Å². The zero-order chi connectivity index (χ0) is 6.27. The maximum atomic E-state index is 4.22. The molecule has 0 saturated carbocycles. The molecule has 0 aliphatic heterocycles. The van der Waals surface area contributed by atoms with Crippen molar-refractivity contribution in [2.45, 2.75) is 24.3 Å². The molecule has 1 aliphatic carbocycles. The summed E-state index contributed by atoms with van der Waals surface area (Å²) in [5, 5.41) is 7.91. The summed E-state index contributed by atoms with van der Waals surface area (Å²) < 4.78 is 0. The van der Waals surface area contributed by atoms with E-state index in [-0.39, 0.29) is 0 Å². The molecule has 0 bridgehead atoms. The van der Waals surface area contributed by atoms with Crippen molar-refractivity contribution in [2.75, 3.05) is 0 Å². The van der Waals surface area contributed by atoms with Crippen molar-refractivity contribution in [3.8, 4) is 0 Å². The van der Waals surface area contributed by atoms with Crippen molar-refractivity contribution in [1.82, 2.24) is 10.2 Å². The van der Waals surface area contributed by atoms with Crippen molar-refractivity contribution in [3.63, 3.8) is 0 Å². The predicted octanol–water partition coefficient (Wildman–Crippen LogP) is 1.19. The number of thiol groups is 1. The van der Waals surface area contributed by atoms with Crippen molar-refractivity contribution < 1.29 is 0 Å². The Labute approximate surface area is 59.1 Å². The molecule has 2 nitrogen and oxygen atoms in total. The Morgan fingerprint density at radius 1 is 1.44 bits per heavy atom. The Morgan fingerprint density at radius 2 is 2.33 bits per heavy atom. The molecule has 0 aromatic carbocycles. The average molecular weight is 140 g/mol. The van der Waals surface area contributed by atoms with E-state index in [9.17, 15) is 0 Å². The number of aromatic amines is 1.